The molecule has 1 saturated carbocycles. The van der Waals surface area contributed by atoms with Crippen LogP contribution in [-0.2, 0) is 5.41 Å². The molecule has 0 aliphatic heterocycles. The molecule has 0 radical (unpaired) electrons. The van der Waals surface area contributed by atoms with Gasteiger partial charge in [-0.2, -0.15) is 0 Å². The Morgan fingerprint density at radius 2 is 0.764 bits per heavy atom. The highest BCUT2D eigenvalue weighted by Gasteiger charge is 2.36. The lowest BCUT2D eigenvalue weighted by Gasteiger charge is -2.39. The number of nitrogens with one attached hydrogen (secondary N) is 1. The monoisotopic (exact) mass is 1150 g/mol. The van der Waals surface area contributed by atoms with E-state index >= 15 is 0 Å². The molecular weight excluding hydrogens is 1070 g/mol. The second kappa shape index (κ2) is 25.5. The van der Waals surface area contributed by atoms with E-state index in [0.717, 1.165) is 47.7 Å². The number of anilines is 5. The summed E-state index contributed by atoms with van der Waals surface area (Å²) >= 11 is 0. The maximum atomic E-state index is 3.85. The molecule has 0 saturated heterocycles. The van der Waals surface area contributed by atoms with Crippen LogP contribution in [0.4, 0.5) is 28.4 Å². The number of para-hydroxylation sites is 2. The van der Waals surface area contributed by atoms with Crippen molar-refractivity contribution in [3.8, 4) is 66.8 Å². The molecule has 1 fully saturated rings. The van der Waals surface area contributed by atoms with E-state index in [-0.39, 0.29) is 5.41 Å². The molecule has 12 aromatic rings. The first-order valence-electron chi connectivity index (χ1n) is 32.2. The van der Waals surface area contributed by atoms with Crippen molar-refractivity contribution >= 4 is 28.4 Å². The van der Waals surface area contributed by atoms with Crippen molar-refractivity contribution in [1.82, 2.24) is 0 Å². The van der Waals surface area contributed by atoms with Crippen LogP contribution < -0.4 is 10.2 Å². The zero-order valence-electron chi connectivity index (χ0n) is 52.7. The van der Waals surface area contributed by atoms with E-state index < -0.39 is 0 Å². The smallest absolute Gasteiger partial charge is 0.0540 e. The van der Waals surface area contributed by atoms with E-state index in [9.17, 15) is 0 Å². The Bertz CT molecular complexity index is 4390. The first-order valence-corrected chi connectivity index (χ1v) is 32.2. The van der Waals surface area contributed by atoms with E-state index in [0.29, 0.717) is 5.92 Å². The van der Waals surface area contributed by atoms with Gasteiger partial charge in [0, 0.05) is 45.2 Å². The molecule has 12 aromatic carbocycles. The predicted octanol–water partition coefficient (Wildman–Crippen LogP) is 24.5. The van der Waals surface area contributed by atoms with Crippen molar-refractivity contribution in [2.75, 3.05) is 10.2 Å². The highest BCUT2D eigenvalue weighted by atomic mass is 15.1. The van der Waals surface area contributed by atoms with Crippen LogP contribution in [0.2, 0.25) is 0 Å². The number of hydrogen-bond donors (Lipinski definition) is 1. The fraction of sp³-hybridized carbons (Fsp3) is 0.172. The molecule has 1 aliphatic carbocycles. The lowest BCUT2D eigenvalue weighted by atomic mass is 9.65. The van der Waals surface area contributed by atoms with Gasteiger partial charge in [-0.3, -0.25) is 0 Å². The Morgan fingerprint density at radius 1 is 0.360 bits per heavy atom. The van der Waals surface area contributed by atoms with Gasteiger partial charge in [-0.1, -0.05) is 250 Å². The van der Waals surface area contributed by atoms with E-state index in [1.54, 1.807) is 0 Å². The second-order valence-corrected chi connectivity index (χ2v) is 25.1. The summed E-state index contributed by atoms with van der Waals surface area (Å²) in [5.41, 5.74) is 33.5. The predicted molar refractivity (Wildman–Crippen MR) is 381 cm³/mol. The molecule has 1 aliphatic rings. The molecule has 0 bridgehead atoms. The summed E-state index contributed by atoms with van der Waals surface area (Å²) in [4.78, 5) is 2.47. The van der Waals surface area contributed by atoms with Gasteiger partial charge in [0.25, 0.3) is 0 Å². The number of rotatable bonds is 16. The van der Waals surface area contributed by atoms with Gasteiger partial charge in [0.05, 0.1) is 5.69 Å². The average Bonchev–Trinajstić information content (AvgIpc) is 1.43. The molecule has 1 unspecified atom stereocenters. The third kappa shape index (κ3) is 12.1. The number of benzene rings is 12. The number of aryl methyl sites for hydroxylation is 6. The average molecular weight is 1150 g/mol. The Balaban J connectivity index is 0.819. The molecule has 2 nitrogen and oxygen atoms in total. The Labute approximate surface area is 529 Å². The minimum atomic E-state index is -0.101. The summed E-state index contributed by atoms with van der Waals surface area (Å²) in [5, 5.41) is 3.85. The van der Waals surface area contributed by atoms with E-state index in [4.69, 9.17) is 0 Å². The highest BCUT2D eigenvalue weighted by Crippen LogP contribution is 2.48. The van der Waals surface area contributed by atoms with Gasteiger partial charge >= 0.3 is 0 Å². The van der Waals surface area contributed by atoms with Gasteiger partial charge in [-0.25, -0.2) is 0 Å². The third-order valence-electron chi connectivity index (χ3n) is 19.1. The van der Waals surface area contributed by atoms with Crippen molar-refractivity contribution in [1.29, 1.82) is 0 Å². The first-order chi connectivity index (χ1) is 43.5. The maximum Gasteiger partial charge on any atom is 0.0540 e. The number of nitrogens with zero attached hydrogens (tertiary/aromatic N) is 1. The van der Waals surface area contributed by atoms with Gasteiger partial charge in [-0.15, -0.1) is 0 Å². The van der Waals surface area contributed by atoms with Crippen LogP contribution in [0.3, 0.4) is 0 Å². The minimum absolute atomic E-state index is 0.101. The van der Waals surface area contributed by atoms with Gasteiger partial charge in [-0.05, 0) is 222 Å². The summed E-state index contributed by atoms with van der Waals surface area (Å²) in [5.74, 6) is 0.320. The fourth-order valence-electron chi connectivity index (χ4n) is 14.9. The van der Waals surface area contributed by atoms with Gasteiger partial charge in [0.2, 0.25) is 0 Å². The molecule has 1 N–H and O–H groups in total. The highest BCUT2D eigenvalue weighted by molar-refractivity contribution is 5.91. The molecule has 0 spiro atoms. The Hall–Kier alpha value is -9.76. The van der Waals surface area contributed by atoms with Crippen LogP contribution in [-0.4, -0.2) is 0 Å². The van der Waals surface area contributed by atoms with E-state index in [1.165, 1.54) is 142 Å². The molecule has 0 amide bonds. The first kappa shape index (κ1) is 58.3. The molecular formula is C87H80N2. The Kier molecular flexibility index (Phi) is 16.7. The van der Waals surface area contributed by atoms with Crippen LogP contribution in [0, 0.1) is 41.5 Å². The standard InChI is InChI=1S/C87H80N2/c1-8-80(69-35-31-66(32-36-69)65-21-11-9-12-22-65)70-37-33-67(34-38-70)68-39-47-78(48-40-68)89(84-30-16-14-28-82(84)72-24-20-26-74(58-72)86-63(6)55-60(3)56-64(86)7)79-49-43-76(44-50-79)87(51-17-10-18-52-87)75-41-45-77(46-42-75)88-83-29-15-13-27-81(83)71-23-19-25-73(57-71)85-61(4)53-59(2)54-62(85)5/h9,11-16,19-50,53-58,80,88H,8,10,17-18,51-52H2,1-7H3. The van der Waals surface area contributed by atoms with E-state index in [1.807, 2.05) is 0 Å². The fourth-order valence-corrected chi connectivity index (χ4v) is 14.9. The minimum Gasteiger partial charge on any atom is -0.355 e. The van der Waals surface area contributed by atoms with Crippen molar-refractivity contribution < 1.29 is 0 Å². The summed E-state index contributed by atoms with van der Waals surface area (Å²) in [6, 6.07) is 102. The van der Waals surface area contributed by atoms with Crippen LogP contribution in [0.15, 0.2) is 273 Å². The summed E-state index contributed by atoms with van der Waals surface area (Å²) < 4.78 is 0. The molecule has 13 rings (SSSR count). The third-order valence-corrected chi connectivity index (χ3v) is 19.1. The van der Waals surface area contributed by atoms with Crippen molar-refractivity contribution in [2.24, 2.45) is 0 Å². The van der Waals surface area contributed by atoms with Crippen LogP contribution in [0.25, 0.3) is 66.8 Å². The SMILES string of the molecule is CCC(c1ccc(-c2ccccc2)cc1)c1ccc(-c2ccc(N(c3ccc(C4(c5ccc(Nc6ccccc6-c6cccc(-c7c(C)cc(C)cc7C)c6)cc5)CCCCC4)cc3)c3ccccc3-c3cccc(-c4c(C)cc(C)cc4C)c3)cc2)cc1. The van der Waals surface area contributed by atoms with Gasteiger partial charge in [0.1, 0.15) is 0 Å². The van der Waals surface area contributed by atoms with Crippen molar-refractivity contribution in [2.45, 2.75) is 98.3 Å². The summed E-state index contributed by atoms with van der Waals surface area (Å²) in [6.45, 7) is 15.6. The maximum absolute atomic E-state index is 3.85. The molecule has 0 aromatic heterocycles. The molecule has 0 heterocycles. The topological polar surface area (TPSA) is 15.3 Å². The largest absolute Gasteiger partial charge is 0.355 e. The summed E-state index contributed by atoms with van der Waals surface area (Å²) in [6.07, 6.45) is 6.93. The van der Waals surface area contributed by atoms with Gasteiger partial charge in [0.15, 0.2) is 0 Å². The summed E-state index contributed by atoms with van der Waals surface area (Å²) in [7, 11) is 0. The van der Waals surface area contributed by atoms with Crippen molar-refractivity contribution in [3.05, 3.63) is 329 Å². The van der Waals surface area contributed by atoms with Gasteiger partial charge < -0.3 is 10.2 Å². The second-order valence-electron chi connectivity index (χ2n) is 25.1. The lowest BCUT2D eigenvalue weighted by molar-refractivity contribution is 0.346. The van der Waals surface area contributed by atoms with Crippen molar-refractivity contribution in [3.63, 3.8) is 0 Å². The van der Waals surface area contributed by atoms with E-state index in [2.05, 4.69) is 332 Å². The zero-order valence-corrected chi connectivity index (χ0v) is 52.7. The normalized spacial score (nSPS) is 13.2. The lowest BCUT2D eigenvalue weighted by Crippen LogP contribution is -2.30. The molecule has 89 heavy (non-hydrogen) atoms. The van der Waals surface area contributed by atoms with Crippen LogP contribution >= 0.6 is 0 Å². The Morgan fingerprint density at radius 3 is 1.28 bits per heavy atom. The zero-order chi connectivity index (χ0) is 61.0. The number of hydrogen-bond acceptors (Lipinski definition) is 2. The molecule has 2 heteroatoms. The van der Waals surface area contributed by atoms with Crippen LogP contribution in [0.5, 0.6) is 0 Å². The van der Waals surface area contributed by atoms with Crippen LogP contribution in [0.1, 0.15) is 107 Å². The quantitative estimate of drug-likeness (QED) is 0.104. The molecule has 1 atom stereocenters. The molecule has 438 valence electrons.